The summed E-state index contributed by atoms with van der Waals surface area (Å²) in [7, 11) is 0. The molecule has 0 aliphatic carbocycles. The molecule has 0 bridgehead atoms. The molecular weight excluding hydrogens is 348 g/mol. The summed E-state index contributed by atoms with van der Waals surface area (Å²) >= 11 is 1.35. The molecule has 0 aliphatic rings. The smallest absolute Gasteiger partial charge is 0.333 e. The molecule has 0 spiro atoms. The standard InChI is InChI=1S/C20H24N2O3S/c1-6-8-14(3)19(24)25-11-17-12-26-20(21-17)22(16(5)23)18-10-7-9-13(2)15(18)4/h7-10,12H,6,11H2,1-5H3/b14-8-. The molecule has 0 aliphatic heterocycles. The van der Waals surface area contributed by atoms with Gasteiger partial charge in [0.25, 0.3) is 0 Å². The third kappa shape index (κ3) is 4.58. The SMILES string of the molecule is CC/C=C(/C)C(=O)OCc1csc(N(C(C)=O)c2cccc(C)c2C)n1. The van der Waals surface area contributed by atoms with Crippen LogP contribution in [0.15, 0.2) is 35.2 Å². The van der Waals surface area contributed by atoms with E-state index in [-0.39, 0.29) is 18.5 Å². The number of rotatable bonds is 6. The van der Waals surface area contributed by atoms with Crippen molar-refractivity contribution >= 4 is 34.0 Å². The van der Waals surface area contributed by atoms with Crippen molar-refractivity contribution < 1.29 is 14.3 Å². The first-order valence-corrected chi connectivity index (χ1v) is 9.38. The number of nitrogens with zero attached hydrogens (tertiary/aromatic N) is 2. The second-order valence-electron chi connectivity index (χ2n) is 6.07. The van der Waals surface area contributed by atoms with E-state index in [9.17, 15) is 9.59 Å². The first kappa shape index (κ1) is 19.8. The number of thiazole rings is 1. The molecule has 2 rings (SSSR count). The third-order valence-corrected chi connectivity index (χ3v) is 4.92. The largest absolute Gasteiger partial charge is 0.456 e. The molecule has 0 saturated heterocycles. The lowest BCUT2D eigenvalue weighted by molar-refractivity contribution is -0.140. The van der Waals surface area contributed by atoms with Crippen molar-refractivity contribution in [2.45, 2.75) is 47.6 Å². The van der Waals surface area contributed by atoms with Gasteiger partial charge in [0.05, 0.1) is 11.4 Å². The summed E-state index contributed by atoms with van der Waals surface area (Å²) < 4.78 is 5.28. The lowest BCUT2D eigenvalue weighted by Crippen LogP contribution is -2.23. The van der Waals surface area contributed by atoms with Gasteiger partial charge in [-0.2, -0.15) is 0 Å². The van der Waals surface area contributed by atoms with Crippen LogP contribution in [-0.2, 0) is 20.9 Å². The van der Waals surface area contributed by atoms with Gasteiger partial charge in [0.2, 0.25) is 5.91 Å². The first-order valence-electron chi connectivity index (χ1n) is 8.50. The number of esters is 1. The average Bonchev–Trinajstić information content (AvgIpc) is 3.05. The lowest BCUT2D eigenvalue weighted by atomic mass is 10.1. The summed E-state index contributed by atoms with van der Waals surface area (Å²) in [6.07, 6.45) is 2.61. The number of aromatic nitrogens is 1. The Morgan fingerprint density at radius 1 is 1.27 bits per heavy atom. The Morgan fingerprint density at radius 3 is 2.65 bits per heavy atom. The summed E-state index contributed by atoms with van der Waals surface area (Å²) in [5.41, 5.74) is 4.17. The van der Waals surface area contributed by atoms with Crippen LogP contribution < -0.4 is 4.90 Å². The number of aryl methyl sites for hydroxylation is 1. The highest BCUT2D eigenvalue weighted by Crippen LogP contribution is 2.32. The van der Waals surface area contributed by atoms with Crippen LogP contribution in [0.4, 0.5) is 10.8 Å². The van der Waals surface area contributed by atoms with Gasteiger partial charge in [-0.05, 0) is 44.4 Å². The van der Waals surface area contributed by atoms with Crippen LogP contribution in [0, 0.1) is 13.8 Å². The highest BCUT2D eigenvalue weighted by atomic mass is 32.1. The summed E-state index contributed by atoms with van der Waals surface area (Å²) in [6, 6.07) is 5.84. The normalized spacial score (nSPS) is 11.3. The zero-order valence-electron chi connectivity index (χ0n) is 15.8. The molecule has 26 heavy (non-hydrogen) atoms. The molecule has 1 heterocycles. The Bertz CT molecular complexity index is 839. The van der Waals surface area contributed by atoms with Crippen LogP contribution in [0.5, 0.6) is 0 Å². The van der Waals surface area contributed by atoms with E-state index in [1.807, 2.05) is 50.4 Å². The molecule has 138 valence electrons. The lowest BCUT2D eigenvalue weighted by Gasteiger charge is -2.21. The monoisotopic (exact) mass is 372 g/mol. The molecule has 1 amide bonds. The van der Waals surface area contributed by atoms with E-state index in [1.54, 1.807) is 11.8 Å². The van der Waals surface area contributed by atoms with E-state index >= 15 is 0 Å². The fourth-order valence-electron chi connectivity index (χ4n) is 2.49. The van der Waals surface area contributed by atoms with Crippen LogP contribution >= 0.6 is 11.3 Å². The molecule has 5 nitrogen and oxygen atoms in total. The average molecular weight is 372 g/mol. The minimum atomic E-state index is -0.348. The summed E-state index contributed by atoms with van der Waals surface area (Å²) in [5, 5.41) is 2.38. The van der Waals surface area contributed by atoms with Crippen molar-refractivity contribution in [3.05, 3.63) is 52.0 Å². The second kappa shape index (κ2) is 8.76. The molecular formula is C20H24N2O3S. The fourth-order valence-corrected chi connectivity index (χ4v) is 3.36. The van der Waals surface area contributed by atoms with Crippen molar-refractivity contribution in [3.8, 4) is 0 Å². The molecule has 1 aromatic heterocycles. The number of benzene rings is 1. The van der Waals surface area contributed by atoms with Crippen LogP contribution in [0.3, 0.4) is 0 Å². The number of amides is 1. The van der Waals surface area contributed by atoms with E-state index < -0.39 is 0 Å². The van der Waals surface area contributed by atoms with Crippen LogP contribution in [0.25, 0.3) is 0 Å². The zero-order chi connectivity index (χ0) is 19.3. The van der Waals surface area contributed by atoms with Gasteiger partial charge in [-0.3, -0.25) is 9.69 Å². The molecule has 0 saturated carbocycles. The van der Waals surface area contributed by atoms with E-state index in [0.29, 0.717) is 16.4 Å². The number of carbonyl (C=O) groups is 2. The highest BCUT2D eigenvalue weighted by Gasteiger charge is 2.20. The van der Waals surface area contributed by atoms with Gasteiger partial charge < -0.3 is 4.74 Å². The minimum Gasteiger partial charge on any atom is -0.456 e. The van der Waals surface area contributed by atoms with Gasteiger partial charge in [-0.15, -0.1) is 11.3 Å². The zero-order valence-corrected chi connectivity index (χ0v) is 16.6. The Kier molecular flexibility index (Phi) is 6.69. The van der Waals surface area contributed by atoms with Gasteiger partial charge in [-0.1, -0.05) is 25.1 Å². The maximum absolute atomic E-state index is 12.2. The summed E-state index contributed by atoms with van der Waals surface area (Å²) in [5.74, 6) is -0.460. The van der Waals surface area contributed by atoms with Gasteiger partial charge in [0.1, 0.15) is 6.61 Å². The van der Waals surface area contributed by atoms with Crippen molar-refractivity contribution in [3.63, 3.8) is 0 Å². The molecule has 0 fully saturated rings. The maximum atomic E-state index is 12.2. The molecule has 6 heteroatoms. The Balaban J connectivity index is 2.20. The van der Waals surface area contributed by atoms with Crippen molar-refractivity contribution in [1.29, 1.82) is 0 Å². The quantitative estimate of drug-likeness (QED) is 0.537. The Morgan fingerprint density at radius 2 is 2.00 bits per heavy atom. The predicted molar refractivity (Wildman–Crippen MR) is 105 cm³/mol. The van der Waals surface area contributed by atoms with Crippen LogP contribution in [0.1, 0.15) is 44.0 Å². The Hall–Kier alpha value is -2.47. The fraction of sp³-hybridized carbons (Fsp3) is 0.350. The highest BCUT2D eigenvalue weighted by molar-refractivity contribution is 7.14. The number of hydrogen-bond donors (Lipinski definition) is 0. The maximum Gasteiger partial charge on any atom is 0.333 e. The number of hydrogen-bond acceptors (Lipinski definition) is 5. The van der Waals surface area contributed by atoms with E-state index in [0.717, 1.165) is 23.2 Å². The van der Waals surface area contributed by atoms with E-state index in [4.69, 9.17) is 4.74 Å². The summed E-state index contributed by atoms with van der Waals surface area (Å²) in [6.45, 7) is 9.30. The van der Waals surface area contributed by atoms with Crippen molar-refractivity contribution in [2.75, 3.05) is 4.90 Å². The van der Waals surface area contributed by atoms with Gasteiger partial charge in [0, 0.05) is 17.9 Å². The van der Waals surface area contributed by atoms with Crippen molar-refractivity contribution in [1.82, 2.24) is 4.98 Å². The number of anilines is 2. The predicted octanol–water partition coefficient (Wildman–Crippen LogP) is 4.84. The summed E-state index contributed by atoms with van der Waals surface area (Å²) in [4.78, 5) is 30.2. The first-order chi connectivity index (χ1) is 12.3. The molecule has 2 aromatic rings. The number of allylic oxidation sites excluding steroid dienone is 1. The number of carbonyl (C=O) groups excluding carboxylic acids is 2. The second-order valence-corrected chi connectivity index (χ2v) is 6.90. The molecule has 0 atom stereocenters. The topological polar surface area (TPSA) is 59.5 Å². The van der Waals surface area contributed by atoms with E-state index in [2.05, 4.69) is 4.98 Å². The van der Waals surface area contributed by atoms with Crippen LogP contribution in [0.2, 0.25) is 0 Å². The van der Waals surface area contributed by atoms with E-state index in [1.165, 1.54) is 18.3 Å². The molecule has 0 N–H and O–H groups in total. The Labute approximate surface area is 158 Å². The minimum absolute atomic E-state index is 0.0861. The van der Waals surface area contributed by atoms with Crippen molar-refractivity contribution in [2.24, 2.45) is 0 Å². The van der Waals surface area contributed by atoms with Gasteiger partial charge in [0.15, 0.2) is 5.13 Å². The third-order valence-electron chi connectivity index (χ3n) is 4.05. The molecule has 0 radical (unpaired) electrons. The number of ether oxygens (including phenoxy) is 1. The molecule has 0 unspecified atom stereocenters. The van der Waals surface area contributed by atoms with Crippen LogP contribution in [-0.4, -0.2) is 16.9 Å². The molecule has 1 aromatic carbocycles. The van der Waals surface area contributed by atoms with Gasteiger partial charge >= 0.3 is 5.97 Å². The van der Waals surface area contributed by atoms with Gasteiger partial charge in [-0.25, -0.2) is 9.78 Å².